The van der Waals surface area contributed by atoms with E-state index in [2.05, 4.69) is 23.2 Å². The average Bonchev–Trinajstić information content (AvgIpc) is 2.59. The summed E-state index contributed by atoms with van der Waals surface area (Å²) in [5, 5.41) is 13.0. The van der Waals surface area contributed by atoms with Gasteiger partial charge >= 0.3 is 0 Å². The summed E-state index contributed by atoms with van der Waals surface area (Å²) in [5.74, 6) is -0.479. The number of allylic oxidation sites excluding steroid dienone is 5. The molecule has 0 aromatic heterocycles. The Morgan fingerprint density at radius 3 is 2.48 bits per heavy atom. The van der Waals surface area contributed by atoms with E-state index in [9.17, 15) is 18.4 Å². The molecule has 0 fully saturated rings. The van der Waals surface area contributed by atoms with Crippen LogP contribution in [0, 0.1) is 0 Å². The van der Waals surface area contributed by atoms with Crippen molar-refractivity contribution in [3.8, 4) is 0 Å². The molecule has 0 aliphatic heterocycles. The van der Waals surface area contributed by atoms with Crippen LogP contribution in [0.1, 0.15) is 24.2 Å². The summed E-state index contributed by atoms with van der Waals surface area (Å²) in [6.07, 6.45) is 7.95. The molecule has 0 saturated heterocycles. The van der Waals surface area contributed by atoms with Crippen molar-refractivity contribution >= 4 is 15.9 Å². The molecule has 27 heavy (non-hydrogen) atoms. The maximum Gasteiger partial charge on any atom is 0.255 e. The molecule has 146 valence electrons. The molecular weight excluding hydrogens is 366 g/mol. The van der Waals surface area contributed by atoms with Crippen LogP contribution in [0.3, 0.4) is 0 Å². The Kier molecular flexibility index (Phi) is 7.86. The molecule has 8 heteroatoms. The second-order valence-corrected chi connectivity index (χ2v) is 7.81. The zero-order valence-electron chi connectivity index (χ0n) is 15.6. The summed E-state index contributed by atoms with van der Waals surface area (Å²) in [6, 6.07) is 5.59. The number of nitrogens with one attached hydrogen (secondary N) is 2. The minimum atomic E-state index is -3.96. The normalized spacial score (nSPS) is 13.0. The first kappa shape index (κ1) is 22.5. The van der Waals surface area contributed by atoms with Crippen LogP contribution in [-0.2, 0) is 10.0 Å². The van der Waals surface area contributed by atoms with Crippen LogP contribution in [0.15, 0.2) is 78.4 Å². The summed E-state index contributed by atoms with van der Waals surface area (Å²) in [4.78, 5) is 12.4. The molecule has 0 bridgehead atoms. The van der Waals surface area contributed by atoms with Crippen LogP contribution in [0.2, 0.25) is 0 Å². The van der Waals surface area contributed by atoms with Gasteiger partial charge < -0.3 is 10.5 Å². The molecule has 7 nitrogen and oxygen atoms in total. The molecule has 0 atom stereocenters. The molecular formula is C19H25N3O4S. The maximum absolute atomic E-state index is 12.6. The Labute approximate surface area is 160 Å². The first-order chi connectivity index (χ1) is 12.5. The Bertz CT molecular complexity index is 869. The molecule has 0 aliphatic carbocycles. The van der Waals surface area contributed by atoms with E-state index in [1.54, 1.807) is 24.3 Å². The summed E-state index contributed by atoms with van der Waals surface area (Å²) in [6.45, 7) is 10.1. The lowest BCUT2D eigenvalue weighted by molar-refractivity contribution is -0.143. The lowest BCUT2D eigenvalue weighted by Gasteiger charge is -2.31. The van der Waals surface area contributed by atoms with Gasteiger partial charge in [-0.2, -0.15) is 9.79 Å². The second kappa shape index (κ2) is 9.43. The van der Waals surface area contributed by atoms with Crippen molar-refractivity contribution in [1.82, 2.24) is 15.1 Å². The number of hydrogen-bond acceptors (Lipinski definition) is 5. The van der Waals surface area contributed by atoms with Gasteiger partial charge in [-0.05, 0) is 44.2 Å². The van der Waals surface area contributed by atoms with Crippen LogP contribution in [0.4, 0.5) is 0 Å². The van der Waals surface area contributed by atoms with Crippen molar-refractivity contribution < 1.29 is 18.4 Å². The predicted molar refractivity (Wildman–Crippen MR) is 105 cm³/mol. The van der Waals surface area contributed by atoms with E-state index >= 15 is 0 Å². The van der Waals surface area contributed by atoms with Gasteiger partial charge in [0.15, 0.2) is 0 Å². The molecule has 1 rings (SSSR count). The summed E-state index contributed by atoms with van der Waals surface area (Å²) < 4.78 is 27.5. The van der Waals surface area contributed by atoms with Crippen LogP contribution < -0.4 is 10.0 Å². The smallest absolute Gasteiger partial charge is 0.255 e. The van der Waals surface area contributed by atoms with Crippen LogP contribution >= 0.6 is 0 Å². The van der Waals surface area contributed by atoms with Gasteiger partial charge in [0.2, 0.25) is 10.0 Å². The van der Waals surface area contributed by atoms with Crippen molar-refractivity contribution in [2.24, 2.45) is 0 Å². The zero-order valence-corrected chi connectivity index (χ0v) is 16.5. The number of sulfonamides is 1. The fraction of sp³-hybridized carbons (Fsp3) is 0.211. The topological polar surface area (TPSA) is 98.7 Å². The first-order valence-corrected chi connectivity index (χ1v) is 9.51. The number of benzene rings is 1. The molecule has 0 unspecified atom stereocenters. The van der Waals surface area contributed by atoms with E-state index in [1.807, 2.05) is 0 Å². The fourth-order valence-corrected chi connectivity index (χ4v) is 3.35. The Morgan fingerprint density at radius 1 is 1.26 bits per heavy atom. The van der Waals surface area contributed by atoms with Crippen molar-refractivity contribution in [2.45, 2.75) is 24.4 Å². The average molecular weight is 391 g/mol. The van der Waals surface area contributed by atoms with Gasteiger partial charge in [-0.3, -0.25) is 4.79 Å². The van der Waals surface area contributed by atoms with Crippen LogP contribution in [0.5, 0.6) is 0 Å². The van der Waals surface area contributed by atoms with Crippen molar-refractivity contribution in [3.63, 3.8) is 0 Å². The standard InChI is InChI=1S/C19H25N3O4S/c1-6-8-12-16(10-7-2)20-18(23)15-11-9-13-17(14-15)27(25,26)21-19(3,4)22(5)24/h6-14,21,24H,1-2H2,3-5H3,(H,20,23)/b12-8-,16-10+. The van der Waals surface area contributed by atoms with E-state index in [0.717, 1.165) is 5.06 Å². The Balaban J connectivity index is 3.12. The SMILES string of the molecule is C=C/C=C\C(=C/C=C)NC(=O)c1cccc(S(=O)(=O)NC(C)(C)N(C)O)c1. The molecule has 1 aromatic rings. The van der Waals surface area contributed by atoms with E-state index < -0.39 is 21.6 Å². The highest BCUT2D eigenvalue weighted by atomic mass is 32.2. The number of nitrogens with zero attached hydrogens (tertiary/aromatic N) is 1. The monoisotopic (exact) mass is 391 g/mol. The van der Waals surface area contributed by atoms with Gasteiger partial charge in [-0.25, -0.2) is 8.42 Å². The van der Waals surface area contributed by atoms with Gasteiger partial charge in [0, 0.05) is 18.3 Å². The zero-order chi connectivity index (χ0) is 20.7. The third-order valence-electron chi connectivity index (χ3n) is 3.57. The van der Waals surface area contributed by atoms with E-state index in [1.165, 1.54) is 51.2 Å². The molecule has 0 radical (unpaired) electrons. The second-order valence-electron chi connectivity index (χ2n) is 6.12. The first-order valence-electron chi connectivity index (χ1n) is 8.03. The molecule has 0 spiro atoms. The van der Waals surface area contributed by atoms with Crippen molar-refractivity contribution in [3.05, 3.63) is 79.1 Å². The predicted octanol–water partition coefficient (Wildman–Crippen LogP) is 2.56. The number of carbonyl (C=O) groups excluding carboxylic acids is 1. The molecule has 0 saturated carbocycles. The molecule has 1 aromatic carbocycles. The molecule has 1 amide bonds. The number of hydrogen-bond donors (Lipinski definition) is 3. The van der Waals surface area contributed by atoms with E-state index in [-0.39, 0.29) is 10.5 Å². The Morgan fingerprint density at radius 2 is 1.93 bits per heavy atom. The van der Waals surface area contributed by atoms with Crippen LogP contribution in [-0.4, -0.2) is 37.3 Å². The lowest BCUT2D eigenvalue weighted by Crippen LogP contribution is -2.53. The third-order valence-corrected chi connectivity index (χ3v) is 5.21. The highest BCUT2D eigenvalue weighted by Gasteiger charge is 2.29. The third kappa shape index (κ3) is 6.61. The number of amides is 1. The number of rotatable bonds is 9. The summed E-state index contributed by atoms with van der Waals surface area (Å²) in [7, 11) is -2.63. The van der Waals surface area contributed by atoms with Crippen molar-refractivity contribution in [2.75, 3.05) is 7.05 Å². The van der Waals surface area contributed by atoms with Gasteiger partial charge in [0.05, 0.1) is 4.90 Å². The van der Waals surface area contributed by atoms with Gasteiger partial charge in [-0.15, -0.1) is 0 Å². The summed E-state index contributed by atoms with van der Waals surface area (Å²) >= 11 is 0. The Hall–Kier alpha value is -2.52. The number of hydroxylamine groups is 2. The van der Waals surface area contributed by atoms with Gasteiger partial charge in [0.25, 0.3) is 5.91 Å². The summed E-state index contributed by atoms with van der Waals surface area (Å²) in [5.41, 5.74) is -0.591. The molecule has 0 aliphatic rings. The van der Waals surface area contributed by atoms with Crippen molar-refractivity contribution in [1.29, 1.82) is 0 Å². The molecule has 0 heterocycles. The minimum Gasteiger partial charge on any atom is -0.322 e. The highest BCUT2D eigenvalue weighted by Crippen LogP contribution is 2.16. The minimum absolute atomic E-state index is 0.0963. The molecule has 3 N–H and O–H groups in total. The van der Waals surface area contributed by atoms with Gasteiger partial charge in [-0.1, -0.05) is 37.5 Å². The fourth-order valence-electron chi connectivity index (χ4n) is 1.90. The largest absolute Gasteiger partial charge is 0.322 e. The lowest BCUT2D eigenvalue weighted by atomic mass is 10.2. The van der Waals surface area contributed by atoms with Gasteiger partial charge in [0.1, 0.15) is 5.66 Å². The maximum atomic E-state index is 12.6. The van der Waals surface area contributed by atoms with E-state index in [0.29, 0.717) is 5.70 Å². The number of carbonyl (C=O) groups is 1. The van der Waals surface area contributed by atoms with Crippen LogP contribution in [0.25, 0.3) is 0 Å². The highest BCUT2D eigenvalue weighted by molar-refractivity contribution is 7.89. The quantitative estimate of drug-likeness (QED) is 0.341. The van der Waals surface area contributed by atoms with E-state index in [4.69, 9.17) is 0 Å².